The van der Waals surface area contributed by atoms with E-state index in [1.165, 1.54) is 18.2 Å². The lowest BCUT2D eigenvalue weighted by Crippen LogP contribution is -1.92. The summed E-state index contributed by atoms with van der Waals surface area (Å²) < 4.78 is 5.31. The molecule has 0 spiro atoms. The molecule has 1 N–H and O–H groups in total. The van der Waals surface area contributed by atoms with E-state index in [2.05, 4.69) is 0 Å². The molecule has 1 aromatic carbocycles. The highest BCUT2D eigenvalue weighted by molar-refractivity contribution is 6.06. The molecule has 2 rings (SSSR count). The van der Waals surface area contributed by atoms with Crippen LogP contribution in [0.2, 0.25) is 0 Å². The van der Waals surface area contributed by atoms with Gasteiger partial charge < -0.3 is 9.52 Å². The molecule has 0 atom stereocenters. The van der Waals surface area contributed by atoms with Crippen molar-refractivity contribution in [3.63, 3.8) is 0 Å². The van der Waals surface area contributed by atoms with Crippen LogP contribution in [0.1, 0.15) is 21.9 Å². The monoisotopic (exact) mass is 228 g/mol. The first-order valence-corrected chi connectivity index (χ1v) is 5.23. The normalized spacial score (nSPS) is 10.9. The maximum atomic E-state index is 11.7. The van der Waals surface area contributed by atoms with Crippen LogP contribution in [0.15, 0.2) is 46.9 Å². The average Bonchev–Trinajstić information content (AvgIpc) is 2.73. The summed E-state index contributed by atoms with van der Waals surface area (Å²) in [5.74, 6) is 1.47. The lowest BCUT2D eigenvalue weighted by molar-refractivity contribution is 0.104. The molecule has 0 bridgehead atoms. The lowest BCUT2D eigenvalue weighted by atomic mass is 10.1. The molecule has 1 heterocycles. The van der Waals surface area contributed by atoms with E-state index in [0.29, 0.717) is 11.3 Å². The second-order valence-electron chi connectivity index (χ2n) is 3.69. The van der Waals surface area contributed by atoms with E-state index in [-0.39, 0.29) is 11.5 Å². The molecule has 17 heavy (non-hydrogen) atoms. The van der Waals surface area contributed by atoms with Crippen LogP contribution in [0, 0.1) is 6.92 Å². The Balaban J connectivity index is 2.11. The van der Waals surface area contributed by atoms with Crippen molar-refractivity contribution >= 4 is 11.9 Å². The zero-order valence-electron chi connectivity index (χ0n) is 9.38. The van der Waals surface area contributed by atoms with Crippen molar-refractivity contribution in [2.24, 2.45) is 0 Å². The van der Waals surface area contributed by atoms with Crippen LogP contribution in [0.4, 0.5) is 0 Å². The largest absolute Gasteiger partial charge is 0.508 e. The minimum atomic E-state index is -0.126. The summed E-state index contributed by atoms with van der Waals surface area (Å²) in [5, 5.41) is 9.10. The molecular formula is C14H12O3. The smallest absolute Gasteiger partial charge is 0.185 e. The number of hydrogen-bond donors (Lipinski definition) is 1. The van der Waals surface area contributed by atoms with Gasteiger partial charge in [-0.25, -0.2) is 0 Å². The molecule has 0 aliphatic heterocycles. The van der Waals surface area contributed by atoms with Gasteiger partial charge in [0.25, 0.3) is 0 Å². The maximum absolute atomic E-state index is 11.7. The topological polar surface area (TPSA) is 50.4 Å². The van der Waals surface area contributed by atoms with Gasteiger partial charge >= 0.3 is 0 Å². The van der Waals surface area contributed by atoms with Gasteiger partial charge in [-0.3, -0.25) is 4.79 Å². The number of phenolic OH excluding ortho intramolecular Hbond substituents is 1. The predicted molar refractivity (Wildman–Crippen MR) is 64.9 cm³/mol. The van der Waals surface area contributed by atoms with E-state index >= 15 is 0 Å². The molecule has 0 aliphatic carbocycles. The summed E-state index contributed by atoms with van der Waals surface area (Å²) in [6.45, 7) is 1.85. The number of carbonyl (C=O) groups excluding carboxylic acids is 1. The Hall–Kier alpha value is -2.29. The van der Waals surface area contributed by atoms with Crippen molar-refractivity contribution in [1.29, 1.82) is 0 Å². The minimum Gasteiger partial charge on any atom is -0.508 e. The Kier molecular flexibility index (Phi) is 3.10. The van der Waals surface area contributed by atoms with E-state index < -0.39 is 0 Å². The molecule has 0 unspecified atom stereocenters. The number of allylic oxidation sites excluding steroid dienone is 1. The highest BCUT2D eigenvalue weighted by atomic mass is 16.3. The van der Waals surface area contributed by atoms with Gasteiger partial charge in [0.15, 0.2) is 5.78 Å². The molecule has 86 valence electrons. The van der Waals surface area contributed by atoms with E-state index in [1.807, 2.05) is 13.0 Å². The van der Waals surface area contributed by atoms with Crippen LogP contribution < -0.4 is 0 Å². The van der Waals surface area contributed by atoms with Gasteiger partial charge in [0.2, 0.25) is 0 Å². The quantitative estimate of drug-likeness (QED) is 0.648. The molecule has 0 radical (unpaired) electrons. The van der Waals surface area contributed by atoms with Crippen molar-refractivity contribution < 1.29 is 14.3 Å². The van der Waals surface area contributed by atoms with Gasteiger partial charge in [0.05, 0.1) is 0 Å². The van der Waals surface area contributed by atoms with Crippen molar-refractivity contribution in [3.05, 3.63) is 59.6 Å². The number of furan rings is 1. The fraction of sp³-hybridized carbons (Fsp3) is 0.0714. The Bertz CT molecular complexity index is 547. The number of aromatic hydroxyl groups is 1. The minimum absolute atomic E-state index is 0.126. The third-order valence-electron chi connectivity index (χ3n) is 2.31. The summed E-state index contributed by atoms with van der Waals surface area (Å²) in [6, 6.07) is 9.77. The van der Waals surface area contributed by atoms with E-state index in [1.54, 1.807) is 24.3 Å². The van der Waals surface area contributed by atoms with E-state index in [4.69, 9.17) is 9.52 Å². The predicted octanol–water partition coefficient (Wildman–Crippen LogP) is 3.19. The lowest BCUT2D eigenvalue weighted by Gasteiger charge is -1.95. The van der Waals surface area contributed by atoms with Gasteiger partial charge in [0.1, 0.15) is 17.3 Å². The average molecular weight is 228 g/mol. The molecule has 3 nitrogen and oxygen atoms in total. The standard InChI is InChI=1S/C14H12O3/c1-10-2-7-13(17-10)8-9-14(16)11-3-5-12(15)6-4-11/h2-9,15H,1H3/b9-8+. The van der Waals surface area contributed by atoms with Gasteiger partial charge in [-0.15, -0.1) is 0 Å². The summed E-state index contributed by atoms with van der Waals surface area (Å²) >= 11 is 0. The number of aryl methyl sites for hydroxylation is 1. The first-order valence-electron chi connectivity index (χ1n) is 5.23. The maximum Gasteiger partial charge on any atom is 0.185 e. The summed E-state index contributed by atoms with van der Waals surface area (Å²) in [5.41, 5.74) is 0.530. The fourth-order valence-electron chi connectivity index (χ4n) is 1.42. The zero-order chi connectivity index (χ0) is 12.3. The fourth-order valence-corrected chi connectivity index (χ4v) is 1.42. The Morgan fingerprint density at radius 1 is 1.18 bits per heavy atom. The summed E-state index contributed by atoms with van der Waals surface area (Å²) in [7, 11) is 0. The van der Waals surface area contributed by atoms with Gasteiger partial charge in [-0.1, -0.05) is 0 Å². The number of ketones is 1. The Morgan fingerprint density at radius 2 is 1.88 bits per heavy atom. The molecule has 1 aromatic heterocycles. The van der Waals surface area contributed by atoms with Crippen LogP contribution in [-0.2, 0) is 0 Å². The van der Waals surface area contributed by atoms with Crippen molar-refractivity contribution in [3.8, 4) is 5.75 Å². The molecule has 0 saturated carbocycles. The molecule has 0 aliphatic rings. The van der Waals surface area contributed by atoms with Crippen LogP contribution in [0.3, 0.4) is 0 Å². The SMILES string of the molecule is Cc1ccc(/C=C/C(=O)c2ccc(O)cc2)o1. The highest BCUT2D eigenvalue weighted by Gasteiger charge is 2.01. The molecule has 3 heteroatoms. The Labute approximate surface area is 99.0 Å². The first kappa shape index (κ1) is 11.2. The van der Waals surface area contributed by atoms with Crippen LogP contribution >= 0.6 is 0 Å². The number of benzene rings is 1. The number of carbonyl (C=O) groups is 1. The molecule has 0 amide bonds. The number of rotatable bonds is 3. The molecular weight excluding hydrogens is 216 g/mol. The number of hydrogen-bond acceptors (Lipinski definition) is 3. The van der Waals surface area contributed by atoms with Gasteiger partial charge in [-0.2, -0.15) is 0 Å². The van der Waals surface area contributed by atoms with E-state index in [9.17, 15) is 4.79 Å². The zero-order valence-corrected chi connectivity index (χ0v) is 9.38. The van der Waals surface area contributed by atoms with Crippen LogP contribution in [0.5, 0.6) is 5.75 Å². The first-order chi connectivity index (χ1) is 8.15. The molecule has 2 aromatic rings. The molecule has 0 fully saturated rings. The van der Waals surface area contributed by atoms with Gasteiger partial charge in [0, 0.05) is 5.56 Å². The van der Waals surface area contributed by atoms with Crippen LogP contribution in [-0.4, -0.2) is 10.9 Å². The summed E-state index contributed by atoms with van der Waals surface area (Å²) in [4.78, 5) is 11.7. The number of phenols is 1. The highest BCUT2D eigenvalue weighted by Crippen LogP contribution is 2.12. The second kappa shape index (κ2) is 4.70. The van der Waals surface area contributed by atoms with Crippen molar-refractivity contribution in [2.75, 3.05) is 0 Å². The molecule has 0 saturated heterocycles. The van der Waals surface area contributed by atoms with Gasteiger partial charge in [-0.05, 0) is 55.5 Å². The van der Waals surface area contributed by atoms with Crippen molar-refractivity contribution in [1.82, 2.24) is 0 Å². The Morgan fingerprint density at radius 3 is 2.47 bits per heavy atom. The third kappa shape index (κ3) is 2.84. The van der Waals surface area contributed by atoms with E-state index in [0.717, 1.165) is 5.76 Å². The summed E-state index contributed by atoms with van der Waals surface area (Å²) in [6.07, 6.45) is 3.08. The third-order valence-corrected chi connectivity index (χ3v) is 2.31. The van der Waals surface area contributed by atoms with Crippen LogP contribution in [0.25, 0.3) is 6.08 Å². The second-order valence-corrected chi connectivity index (χ2v) is 3.69. The van der Waals surface area contributed by atoms with Crippen molar-refractivity contribution in [2.45, 2.75) is 6.92 Å².